The minimum atomic E-state index is -0.344. The van der Waals surface area contributed by atoms with Crippen molar-refractivity contribution in [3.63, 3.8) is 0 Å². The van der Waals surface area contributed by atoms with Crippen LogP contribution in [-0.4, -0.2) is 42.8 Å². The van der Waals surface area contributed by atoms with E-state index in [1.165, 1.54) is 37.1 Å². The molecule has 1 saturated heterocycles. The summed E-state index contributed by atoms with van der Waals surface area (Å²) in [6.45, 7) is 2.46. The van der Waals surface area contributed by atoms with E-state index < -0.39 is 0 Å². The number of carbonyl (C=O) groups excluding carboxylic acids is 2. The fraction of sp³-hybridized carbons (Fsp3) is 0.556. The van der Waals surface area contributed by atoms with Gasteiger partial charge in [0.1, 0.15) is 5.82 Å². The maximum Gasteiger partial charge on any atom is 0.236 e. The monoisotopic (exact) mass is 354 g/mol. The zero-order valence-electron chi connectivity index (χ0n) is 13.7. The highest BCUT2D eigenvalue weighted by molar-refractivity contribution is 5.98. The molecule has 4 nitrogen and oxygen atoms in total. The van der Waals surface area contributed by atoms with Crippen molar-refractivity contribution in [1.29, 1.82) is 0 Å². The van der Waals surface area contributed by atoms with Gasteiger partial charge in [-0.3, -0.25) is 9.59 Å². The molecule has 0 aromatic heterocycles. The van der Waals surface area contributed by atoms with Crippen LogP contribution in [0.5, 0.6) is 0 Å². The van der Waals surface area contributed by atoms with Gasteiger partial charge in [0.15, 0.2) is 5.78 Å². The van der Waals surface area contributed by atoms with E-state index in [0.717, 1.165) is 31.8 Å². The molecule has 1 heterocycles. The molecule has 1 aliphatic carbocycles. The molecule has 1 atom stereocenters. The Morgan fingerprint density at radius 2 is 1.88 bits per heavy atom. The number of nitrogens with zero attached hydrogens (tertiary/aromatic N) is 1. The number of nitrogens with one attached hydrogen (secondary N) is 1. The van der Waals surface area contributed by atoms with Crippen molar-refractivity contribution in [3.8, 4) is 0 Å². The highest BCUT2D eigenvalue weighted by atomic mass is 35.5. The molecule has 2 fully saturated rings. The Balaban J connectivity index is 0.00000208. The number of hydrogen-bond donors (Lipinski definition) is 1. The normalized spacial score (nSPS) is 20.4. The first-order valence-electron chi connectivity index (χ1n) is 8.42. The van der Waals surface area contributed by atoms with E-state index in [0.29, 0.717) is 18.7 Å². The van der Waals surface area contributed by atoms with Crippen LogP contribution in [0.2, 0.25) is 0 Å². The minimum Gasteiger partial charge on any atom is -0.341 e. The number of benzene rings is 1. The lowest BCUT2D eigenvalue weighted by Gasteiger charge is -2.32. The highest BCUT2D eigenvalue weighted by Crippen LogP contribution is 2.27. The number of piperidine rings is 1. The second-order valence-electron chi connectivity index (χ2n) is 6.62. The fourth-order valence-corrected chi connectivity index (χ4v) is 3.08. The molecule has 2 aliphatic rings. The molecule has 1 N–H and O–H groups in total. The van der Waals surface area contributed by atoms with Crippen molar-refractivity contribution >= 4 is 24.1 Å². The average Bonchev–Trinajstić information content (AvgIpc) is 3.39. The molecule has 1 saturated carbocycles. The summed E-state index contributed by atoms with van der Waals surface area (Å²) in [5.74, 6) is 0.304. The molecule has 3 rings (SSSR count). The van der Waals surface area contributed by atoms with Crippen LogP contribution in [0.25, 0.3) is 0 Å². The van der Waals surface area contributed by atoms with Crippen molar-refractivity contribution < 1.29 is 14.0 Å². The number of Topliss-reactive ketones (excluding diaryl/α,β-unsaturated/α-hetero) is 1. The third kappa shape index (κ3) is 5.02. The van der Waals surface area contributed by atoms with E-state index in [4.69, 9.17) is 0 Å². The third-order valence-corrected chi connectivity index (χ3v) is 4.68. The van der Waals surface area contributed by atoms with Crippen LogP contribution in [0.3, 0.4) is 0 Å². The summed E-state index contributed by atoms with van der Waals surface area (Å²) in [6.07, 6.45) is 4.15. The number of rotatable bonds is 6. The Morgan fingerprint density at radius 1 is 1.17 bits per heavy atom. The summed E-state index contributed by atoms with van der Waals surface area (Å²) in [4.78, 5) is 26.6. The Hall–Kier alpha value is -1.46. The van der Waals surface area contributed by atoms with Gasteiger partial charge in [-0.2, -0.15) is 0 Å². The van der Waals surface area contributed by atoms with Crippen LogP contribution in [0.4, 0.5) is 4.39 Å². The van der Waals surface area contributed by atoms with Gasteiger partial charge in [-0.1, -0.05) is 0 Å². The first-order valence-corrected chi connectivity index (χ1v) is 8.42. The van der Waals surface area contributed by atoms with Crippen molar-refractivity contribution in [1.82, 2.24) is 10.2 Å². The Bertz CT molecular complexity index is 575. The minimum absolute atomic E-state index is 0. The number of carbonyl (C=O) groups is 2. The standard InChI is InChI=1S/C18H23FN2O2.ClH/c19-16-7-5-14(6-8-16)18(23)15-2-1-9-21(12-15)17(22)11-20-10-13-3-4-13;/h5-8,13,15,20H,1-4,9-12H2;1H. The van der Waals surface area contributed by atoms with Crippen LogP contribution >= 0.6 is 12.4 Å². The second kappa shape index (κ2) is 8.58. The highest BCUT2D eigenvalue weighted by Gasteiger charge is 2.29. The molecule has 1 amide bonds. The Labute approximate surface area is 148 Å². The first kappa shape index (κ1) is 18.9. The van der Waals surface area contributed by atoms with E-state index in [1.54, 1.807) is 4.90 Å². The Morgan fingerprint density at radius 3 is 2.54 bits per heavy atom. The molecule has 0 spiro atoms. The zero-order chi connectivity index (χ0) is 16.2. The summed E-state index contributed by atoms with van der Waals surface area (Å²) in [5, 5.41) is 3.21. The largest absolute Gasteiger partial charge is 0.341 e. The molecular weight excluding hydrogens is 331 g/mol. The molecule has 6 heteroatoms. The zero-order valence-corrected chi connectivity index (χ0v) is 14.5. The summed E-state index contributed by atoms with van der Waals surface area (Å²) < 4.78 is 13.0. The number of halogens is 2. The van der Waals surface area contributed by atoms with Crippen LogP contribution in [0.1, 0.15) is 36.0 Å². The summed E-state index contributed by atoms with van der Waals surface area (Å²) in [5.41, 5.74) is 0.526. The van der Waals surface area contributed by atoms with E-state index in [2.05, 4.69) is 5.32 Å². The molecule has 1 aromatic carbocycles. The van der Waals surface area contributed by atoms with Crippen LogP contribution < -0.4 is 5.32 Å². The summed E-state index contributed by atoms with van der Waals surface area (Å²) >= 11 is 0. The predicted octanol–water partition coefficient (Wildman–Crippen LogP) is 2.67. The van der Waals surface area contributed by atoms with Crippen molar-refractivity contribution in [2.24, 2.45) is 11.8 Å². The van der Waals surface area contributed by atoms with Gasteiger partial charge < -0.3 is 10.2 Å². The average molecular weight is 355 g/mol. The van der Waals surface area contributed by atoms with Gasteiger partial charge in [-0.15, -0.1) is 12.4 Å². The van der Waals surface area contributed by atoms with Gasteiger partial charge in [-0.25, -0.2) is 4.39 Å². The molecule has 1 aliphatic heterocycles. The third-order valence-electron chi connectivity index (χ3n) is 4.68. The van der Waals surface area contributed by atoms with Crippen LogP contribution in [-0.2, 0) is 4.79 Å². The molecular formula is C18H24ClFN2O2. The predicted molar refractivity (Wildman–Crippen MR) is 92.9 cm³/mol. The number of ketones is 1. The van der Waals surface area contributed by atoms with Gasteiger partial charge in [0.05, 0.1) is 6.54 Å². The lowest BCUT2D eigenvalue weighted by atomic mass is 9.90. The molecule has 132 valence electrons. The SMILES string of the molecule is Cl.O=C(c1ccc(F)cc1)C1CCCN(C(=O)CNCC2CC2)C1. The maximum absolute atomic E-state index is 13.0. The lowest BCUT2D eigenvalue weighted by molar-refractivity contribution is -0.131. The van der Waals surface area contributed by atoms with Gasteiger partial charge in [0, 0.05) is 24.6 Å². The maximum atomic E-state index is 13.0. The number of hydrogen-bond acceptors (Lipinski definition) is 3. The number of amides is 1. The summed E-state index contributed by atoms with van der Waals surface area (Å²) in [7, 11) is 0. The van der Waals surface area contributed by atoms with Gasteiger partial charge in [0.2, 0.25) is 5.91 Å². The molecule has 0 radical (unpaired) electrons. The molecule has 0 bridgehead atoms. The smallest absolute Gasteiger partial charge is 0.236 e. The molecule has 24 heavy (non-hydrogen) atoms. The van der Waals surface area contributed by atoms with Gasteiger partial charge in [0.25, 0.3) is 0 Å². The fourth-order valence-electron chi connectivity index (χ4n) is 3.08. The van der Waals surface area contributed by atoms with Gasteiger partial charge in [-0.05, 0) is 62.4 Å². The van der Waals surface area contributed by atoms with Crippen molar-refractivity contribution in [2.45, 2.75) is 25.7 Å². The van der Waals surface area contributed by atoms with Gasteiger partial charge >= 0.3 is 0 Å². The number of likely N-dealkylation sites (tertiary alicyclic amines) is 1. The van der Waals surface area contributed by atoms with E-state index >= 15 is 0 Å². The summed E-state index contributed by atoms with van der Waals surface area (Å²) in [6, 6.07) is 5.66. The lowest BCUT2D eigenvalue weighted by Crippen LogP contribution is -2.45. The molecule has 1 aromatic rings. The van der Waals surface area contributed by atoms with Crippen LogP contribution in [0, 0.1) is 17.7 Å². The molecule has 1 unspecified atom stereocenters. The second-order valence-corrected chi connectivity index (χ2v) is 6.62. The topological polar surface area (TPSA) is 49.4 Å². The quantitative estimate of drug-likeness (QED) is 0.799. The van der Waals surface area contributed by atoms with E-state index in [1.807, 2.05) is 0 Å². The van der Waals surface area contributed by atoms with E-state index in [-0.39, 0.29) is 35.8 Å². The van der Waals surface area contributed by atoms with Crippen molar-refractivity contribution in [3.05, 3.63) is 35.6 Å². The first-order chi connectivity index (χ1) is 11.1. The van der Waals surface area contributed by atoms with Crippen LogP contribution in [0.15, 0.2) is 24.3 Å². The van der Waals surface area contributed by atoms with Crippen molar-refractivity contribution in [2.75, 3.05) is 26.2 Å². The van der Waals surface area contributed by atoms with E-state index in [9.17, 15) is 14.0 Å². The Kier molecular flexibility index (Phi) is 6.75.